The number of fused-ring (bicyclic) bond motifs is 1. The minimum absolute atomic E-state index is 0.0283. The molecular weight excluding hydrogens is 342 g/mol. The monoisotopic (exact) mass is 365 g/mol. The van der Waals surface area contributed by atoms with Crippen LogP contribution in [0.2, 0.25) is 0 Å². The topological polar surface area (TPSA) is 74.6 Å². The van der Waals surface area contributed by atoms with Crippen molar-refractivity contribution in [2.45, 2.75) is 44.2 Å². The molecule has 2 N–H and O–H groups in total. The fraction of sp³-hybridized carbons (Fsp3) is 0.429. The van der Waals surface area contributed by atoms with Crippen LogP contribution in [0.1, 0.15) is 63.8 Å². The number of piperidine rings is 1. The number of benzene rings is 1. The Morgan fingerprint density at radius 2 is 1.93 bits per heavy atom. The Morgan fingerprint density at radius 3 is 2.67 bits per heavy atom. The minimum Gasteiger partial charge on any atom is -0.465 e. The number of carbonyl (C=O) groups is 2. The maximum Gasteiger partial charge on any atom is 0.257 e. The third-order valence-electron chi connectivity index (χ3n) is 5.95. The summed E-state index contributed by atoms with van der Waals surface area (Å²) in [6, 6.07) is 9.47. The Hall–Kier alpha value is -2.76. The highest BCUT2D eigenvalue weighted by atomic mass is 16.3. The van der Waals surface area contributed by atoms with Crippen LogP contribution in [0.3, 0.4) is 0 Å². The predicted molar refractivity (Wildman–Crippen MR) is 101 cm³/mol. The molecule has 1 saturated carbocycles. The van der Waals surface area contributed by atoms with Crippen LogP contribution in [0.5, 0.6) is 0 Å². The molecule has 0 radical (unpaired) electrons. The second-order valence-corrected chi connectivity index (χ2v) is 7.89. The van der Waals surface area contributed by atoms with E-state index in [1.807, 2.05) is 42.2 Å². The third kappa shape index (κ3) is 2.80. The van der Waals surface area contributed by atoms with E-state index in [1.54, 1.807) is 0 Å². The molecule has 1 aliphatic carbocycles. The summed E-state index contributed by atoms with van der Waals surface area (Å²) in [5.74, 6) is 2.13. The van der Waals surface area contributed by atoms with E-state index in [4.69, 9.17) is 4.42 Å². The van der Waals surface area contributed by atoms with Gasteiger partial charge in [-0.25, -0.2) is 0 Å². The van der Waals surface area contributed by atoms with Crippen molar-refractivity contribution in [1.82, 2.24) is 10.2 Å². The summed E-state index contributed by atoms with van der Waals surface area (Å²) >= 11 is 0. The molecule has 1 saturated heterocycles. The van der Waals surface area contributed by atoms with Crippen molar-refractivity contribution in [3.8, 4) is 0 Å². The molecule has 140 valence electrons. The zero-order valence-electron chi connectivity index (χ0n) is 15.4. The predicted octanol–water partition coefficient (Wildman–Crippen LogP) is 3.25. The molecule has 1 aromatic heterocycles. The third-order valence-corrected chi connectivity index (χ3v) is 5.95. The molecule has 2 amide bonds. The highest BCUT2D eigenvalue weighted by Gasteiger charge is 2.41. The Bertz CT molecular complexity index is 921. The molecule has 27 heavy (non-hydrogen) atoms. The van der Waals surface area contributed by atoms with E-state index in [0.717, 1.165) is 24.3 Å². The lowest BCUT2D eigenvalue weighted by atomic mass is 9.92. The largest absolute Gasteiger partial charge is 0.465 e. The van der Waals surface area contributed by atoms with Gasteiger partial charge in [-0.2, -0.15) is 0 Å². The van der Waals surface area contributed by atoms with Gasteiger partial charge < -0.3 is 20.0 Å². The molecule has 2 fully saturated rings. The maximum atomic E-state index is 13.0. The molecule has 0 atom stereocenters. The van der Waals surface area contributed by atoms with Gasteiger partial charge in [0.2, 0.25) is 0 Å². The van der Waals surface area contributed by atoms with Gasteiger partial charge in [0.05, 0.1) is 11.1 Å². The van der Waals surface area contributed by atoms with Crippen LogP contribution >= 0.6 is 0 Å². The van der Waals surface area contributed by atoms with Crippen molar-refractivity contribution >= 4 is 17.5 Å². The van der Waals surface area contributed by atoms with Crippen LogP contribution in [-0.4, -0.2) is 35.5 Å². The fourth-order valence-corrected chi connectivity index (χ4v) is 4.16. The summed E-state index contributed by atoms with van der Waals surface area (Å²) in [6.07, 6.45) is 3.65. The normalized spacial score (nSPS) is 20.8. The molecule has 0 bridgehead atoms. The summed E-state index contributed by atoms with van der Waals surface area (Å²) in [7, 11) is 0. The van der Waals surface area contributed by atoms with E-state index < -0.39 is 5.66 Å². The number of carbonyl (C=O) groups excluding carboxylic acids is 2. The number of likely N-dealkylation sites (tertiary alicyclic amines) is 1. The molecular formula is C21H23N3O3. The Labute approximate surface area is 157 Å². The number of rotatable bonds is 2. The minimum atomic E-state index is -0.479. The van der Waals surface area contributed by atoms with Gasteiger partial charge in [-0.1, -0.05) is 12.1 Å². The molecule has 0 unspecified atom stereocenters. The van der Waals surface area contributed by atoms with Gasteiger partial charge in [-0.3, -0.25) is 9.59 Å². The first kappa shape index (κ1) is 16.4. The Balaban J connectivity index is 1.30. The van der Waals surface area contributed by atoms with Gasteiger partial charge >= 0.3 is 0 Å². The van der Waals surface area contributed by atoms with Gasteiger partial charge in [0, 0.05) is 37.5 Å². The van der Waals surface area contributed by atoms with E-state index in [9.17, 15) is 9.59 Å². The Morgan fingerprint density at radius 1 is 1.19 bits per heavy atom. The highest BCUT2D eigenvalue weighted by molar-refractivity contribution is 6.02. The van der Waals surface area contributed by atoms with Crippen LogP contribution < -0.4 is 10.6 Å². The zero-order valence-corrected chi connectivity index (χ0v) is 15.4. The Kier molecular flexibility index (Phi) is 3.57. The molecule has 1 spiro atoms. The molecule has 2 aliphatic heterocycles. The summed E-state index contributed by atoms with van der Waals surface area (Å²) in [5.41, 5.74) is 1.73. The molecule has 1 aromatic carbocycles. The molecule has 2 aromatic rings. The number of hydrogen-bond donors (Lipinski definition) is 2. The summed E-state index contributed by atoms with van der Waals surface area (Å²) < 4.78 is 5.80. The number of aryl methyl sites for hydroxylation is 1. The van der Waals surface area contributed by atoms with Crippen molar-refractivity contribution in [1.29, 1.82) is 0 Å². The van der Waals surface area contributed by atoms with Crippen LogP contribution in [0, 0.1) is 6.92 Å². The van der Waals surface area contributed by atoms with Gasteiger partial charge in [0.1, 0.15) is 17.2 Å². The first-order valence-electron chi connectivity index (χ1n) is 9.64. The average Bonchev–Trinajstić information content (AvgIpc) is 3.44. The van der Waals surface area contributed by atoms with E-state index in [0.29, 0.717) is 48.7 Å². The van der Waals surface area contributed by atoms with E-state index >= 15 is 0 Å². The average molecular weight is 365 g/mol. The van der Waals surface area contributed by atoms with Crippen molar-refractivity contribution < 1.29 is 14.0 Å². The first-order chi connectivity index (χ1) is 13.0. The molecule has 6 heteroatoms. The summed E-state index contributed by atoms with van der Waals surface area (Å²) in [5, 5.41) is 6.61. The number of anilines is 1. The second kappa shape index (κ2) is 5.87. The van der Waals surface area contributed by atoms with Crippen molar-refractivity contribution in [2.75, 3.05) is 18.4 Å². The van der Waals surface area contributed by atoms with Crippen molar-refractivity contribution in [2.24, 2.45) is 0 Å². The standard InChI is InChI=1S/C21H23N3O3/c1-13-16(12-18(27-13)14-6-7-14)20(26)24-10-8-21(9-11-24)22-17-5-3-2-4-15(17)19(25)23-21/h2-5,12,14,22H,6-11H2,1H3,(H,23,25). The van der Waals surface area contributed by atoms with Crippen LogP contribution in [0.15, 0.2) is 34.7 Å². The molecule has 6 nitrogen and oxygen atoms in total. The molecule has 3 aliphatic rings. The van der Waals surface area contributed by atoms with Crippen LogP contribution in [0.4, 0.5) is 5.69 Å². The highest BCUT2D eigenvalue weighted by Crippen LogP contribution is 2.42. The van der Waals surface area contributed by atoms with E-state index in [1.165, 1.54) is 0 Å². The van der Waals surface area contributed by atoms with E-state index in [-0.39, 0.29) is 11.8 Å². The van der Waals surface area contributed by atoms with Gasteiger partial charge in [0.15, 0.2) is 0 Å². The lowest BCUT2D eigenvalue weighted by Crippen LogP contribution is -2.62. The van der Waals surface area contributed by atoms with Crippen molar-refractivity contribution in [3.05, 3.63) is 53.0 Å². The van der Waals surface area contributed by atoms with Gasteiger partial charge in [0.25, 0.3) is 11.8 Å². The summed E-state index contributed by atoms with van der Waals surface area (Å²) in [4.78, 5) is 27.3. The smallest absolute Gasteiger partial charge is 0.257 e. The number of hydrogen-bond acceptors (Lipinski definition) is 4. The van der Waals surface area contributed by atoms with Crippen LogP contribution in [0.25, 0.3) is 0 Å². The number of para-hydroxylation sites is 1. The number of nitrogens with one attached hydrogen (secondary N) is 2. The second-order valence-electron chi connectivity index (χ2n) is 7.89. The van der Waals surface area contributed by atoms with Gasteiger partial charge in [-0.15, -0.1) is 0 Å². The lowest BCUT2D eigenvalue weighted by molar-refractivity contribution is 0.0638. The first-order valence-corrected chi connectivity index (χ1v) is 9.64. The quantitative estimate of drug-likeness (QED) is 0.857. The SMILES string of the molecule is Cc1oc(C2CC2)cc1C(=O)N1CCC2(CC1)NC(=O)c1ccccc1N2. The van der Waals surface area contributed by atoms with Gasteiger partial charge in [-0.05, 0) is 38.0 Å². The fourth-order valence-electron chi connectivity index (χ4n) is 4.16. The zero-order chi connectivity index (χ0) is 18.6. The number of amides is 2. The lowest BCUT2D eigenvalue weighted by Gasteiger charge is -2.45. The van der Waals surface area contributed by atoms with Crippen LogP contribution in [-0.2, 0) is 0 Å². The number of furan rings is 1. The molecule has 5 rings (SSSR count). The van der Waals surface area contributed by atoms with E-state index in [2.05, 4.69) is 10.6 Å². The summed E-state index contributed by atoms with van der Waals surface area (Å²) in [6.45, 7) is 3.06. The molecule has 3 heterocycles. The van der Waals surface area contributed by atoms with Crippen molar-refractivity contribution in [3.63, 3.8) is 0 Å². The number of nitrogens with zero attached hydrogens (tertiary/aromatic N) is 1. The maximum absolute atomic E-state index is 13.0.